The normalized spacial score (nSPS) is 10.5. The van der Waals surface area contributed by atoms with E-state index in [1.54, 1.807) is 23.1 Å². The first-order valence-electron chi connectivity index (χ1n) is 8.25. The van der Waals surface area contributed by atoms with Crippen molar-refractivity contribution in [3.05, 3.63) is 42.1 Å². The maximum atomic E-state index is 12.1. The Labute approximate surface area is 137 Å². The first-order valence-corrected chi connectivity index (χ1v) is 8.25. The van der Waals surface area contributed by atoms with Crippen molar-refractivity contribution in [1.29, 1.82) is 0 Å². The Balaban J connectivity index is 2.01. The smallest absolute Gasteiger partial charge is 0.285 e. The van der Waals surface area contributed by atoms with Gasteiger partial charge >= 0.3 is 5.88 Å². The Bertz CT molecular complexity index is 590. The van der Waals surface area contributed by atoms with Crippen molar-refractivity contribution < 1.29 is 14.1 Å². The summed E-state index contributed by atoms with van der Waals surface area (Å²) in [5.74, 6) is 0.138. The summed E-state index contributed by atoms with van der Waals surface area (Å²) in [6.07, 6.45) is 6.15. The first kappa shape index (κ1) is 17.0. The van der Waals surface area contributed by atoms with Gasteiger partial charge in [-0.05, 0) is 25.0 Å². The van der Waals surface area contributed by atoms with E-state index in [2.05, 4.69) is 29.4 Å². The van der Waals surface area contributed by atoms with Gasteiger partial charge in [0.25, 0.3) is 12.1 Å². The zero-order valence-electron chi connectivity index (χ0n) is 13.9. The number of amides is 1. The molecule has 0 radical (unpaired) electrons. The fraction of sp³-hybridized carbons (Fsp3) is 0.471. The molecule has 1 N–H and O–H groups in total. The number of nitrogens with one attached hydrogen (secondary N) is 1. The summed E-state index contributed by atoms with van der Waals surface area (Å²) in [6.45, 7) is 6.16. The molecule has 6 heteroatoms. The number of hydrogen-bond donors (Lipinski definition) is 1. The highest BCUT2D eigenvalue weighted by atomic mass is 16.5. The summed E-state index contributed by atoms with van der Waals surface area (Å²) in [5, 5.41) is 8.89. The highest BCUT2D eigenvalue weighted by Crippen LogP contribution is 2.06. The van der Waals surface area contributed by atoms with E-state index in [0.29, 0.717) is 11.4 Å². The van der Waals surface area contributed by atoms with E-state index in [4.69, 9.17) is 4.52 Å². The number of unbranched alkanes of at least 4 members (excludes halogenated alkanes) is 2. The largest absolute Gasteiger partial charge is 0.306 e. The Hall–Kier alpha value is -2.37. The van der Waals surface area contributed by atoms with E-state index in [0.717, 1.165) is 38.8 Å². The SMILES string of the molecule is CCCCN(CCCC)[n+]1cc(NC(=O)c2ccccc2)on1. The number of carbonyl (C=O) groups excluding carboxylic acids is 1. The number of anilines is 1. The van der Waals surface area contributed by atoms with Crippen molar-refractivity contribution in [3.8, 4) is 0 Å². The number of nitrogens with zero attached hydrogens (tertiary/aromatic N) is 3. The number of aromatic nitrogens is 2. The minimum absolute atomic E-state index is 0.206. The molecule has 0 spiro atoms. The predicted octanol–water partition coefficient (Wildman–Crippen LogP) is 2.75. The highest BCUT2D eigenvalue weighted by molar-refractivity contribution is 6.03. The van der Waals surface area contributed by atoms with Crippen LogP contribution in [-0.2, 0) is 0 Å². The molecule has 0 aliphatic rings. The third-order valence-electron chi connectivity index (χ3n) is 3.56. The molecule has 2 rings (SSSR count). The Morgan fingerprint density at radius 1 is 1.17 bits per heavy atom. The van der Waals surface area contributed by atoms with Gasteiger partial charge in [-0.1, -0.05) is 44.9 Å². The van der Waals surface area contributed by atoms with Crippen molar-refractivity contribution in [2.45, 2.75) is 39.5 Å². The van der Waals surface area contributed by atoms with Gasteiger partial charge in [-0.3, -0.25) is 14.6 Å². The summed E-state index contributed by atoms with van der Waals surface area (Å²) in [4.78, 5) is 13.8. The second-order valence-corrected chi connectivity index (χ2v) is 5.47. The third-order valence-corrected chi connectivity index (χ3v) is 3.56. The van der Waals surface area contributed by atoms with E-state index in [-0.39, 0.29) is 5.91 Å². The maximum Gasteiger partial charge on any atom is 0.306 e. The van der Waals surface area contributed by atoms with Gasteiger partial charge in [0.05, 0.1) is 17.9 Å². The Morgan fingerprint density at radius 3 is 2.43 bits per heavy atom. The molecular formula is C17H25N4O2+. The second-order valence-electron chi connectivity index (χ2n) is 5.47. The van der Waals surface area contributed by atoms with Gasteiger partial charge in [0.1, 0.15) is 0 Å². The molecule has 2 aromatic rings. The fourth-order valence-corrected chi connectivity index (χ4v) is 2.20. The molecule has 1 heterocycles. The summed E-state index contributed by atoms with van der Waals surface area (Å²) in [5.41, 5.74) is 0.587. The third kappa shape index (κ3) is 5.09. The van der Waals surface area contributed by atoms with Crippen molar-refractivity contribution in [1.82, 2.24) is 5.27 Å². The fourth-order valence-electron chi connectivity index (χ4n) is 2.20. The van der Waals surface area contributed by atoms with E-state index in [1.807, 2.05) is 18.2 Å². The van der Waals surface area contributed by atoms with E-state index < -0.39 is 0 Å². The van der Waals surface area contributed by atoms with Crippen LogP contribution in [0.5, 0.6) is 0 Å². The van der Waals surface area contributed by atoms with Crippen LogP contribution >= 0.6 is 0 Å². The lowest BCUT2D eigenvalue weighted by Crippen LogP contribution is -2.59. The van der Waals surface area contributed by atoms with Crippen molar-refractivity contribution >= 4 is 11.8 Å². The minimum Gasteiger partial charge on any atom is -0.285 e. The van der Waals surface area contributed by atoms with Gasteiger partial charge in [-0.2, -0.15) is 5.01 Å². The van der Waals surface area contributed by atoms with Gasteiger partial charge in [-0.25, -0.2) is 0 Å². The van der Waals surface area contributed by atoms with Crippen molar-refractivity contribution in [2.24, 2.45) is 0 Å². The summed E-state index contributed by atoms with van der Waals surface area (Å²) in [7, 11) is 0. The minimum atomic E-state index is -0.206. The van der Waals surface area contributed by atoms with Gasteiger partial charge in [0.15, 0.2) is 0 Å². The topological polar surface area (TPSA) is 62.2 Å². The monoisotopic (exact) mass is 317 g/mol. The molecule has 0 bridgehead atoms. The van der Waals surface area contributed by atoms with Crippen LogP contribution in [0.2, 0.25) is 0 Å². The number of carbonyl (C=O) groups is 1. The molecule has 124 valence electrons. The van der Waals surface area contributed by atoms with Crippen LogP contribution in [0.4, 0.5) is 5.88 Å². The average molecular weight is 317 g/mol. The van der Waals surface area contributed by atoms with Crippen molar-refractivity contribution in [2.75, 3.05) is 23.4 Å². The van der Waals surface area contributed by atoms with Gasteiger partial charge in [-0.15, -0.1) is 0 Å². The molecule has 0 fully saturated rings. The molecule has 23 heavy (non-hydrogen) atoms. The lowest BCUT2D eigenvalue weighted by molar-refractivity contribution is -0.758. The number of rotatable bonds is 9. The molecule has 0 unspecified atom stereocenters. The maximum absolute atomic E-state index is 12.1. The molecule has 0 saturated carbocycles. The summed E-state index contributed by atoms with van der Waals surface area (Å²) >= 11 is 0. The zero-order valence-corrected chi connectivity index (χ0v) is 13.9. The van der Waals surface area contributed by atoms with Gasteiger partial charge in [0, 0.05) is 5.56 Å². The van der Waals surface area contributed by atoms with Crippen LogP contribution in [0.25, 0.3) is 0 Å². The molecule has 6 nitrogen and oxygen atoms in total. The van der Waals surface area contributed by atoms with Crippen LogP contribution in [0.15, 0.2) is 41.1 Å². The quantitative estimate of drug-likeness (QED) is 0.722. The van der Waals surface area contributed by atoms with Gasteiger partial charge < -0.3 is 0 Å². The van der Waals surface area contributed by atoms with Crippen LogP contribution in [0.3, 0.4) is 0 Å². The Kier molecular flexibility index (Phi) is 6.59. The molecular weight excluding hydrogens is 292 g/mol. The lowest BCUT2D eigenvalue weighted by Gasteiger charge is -2.12. The molecule has 0 saturated heterocycles. The standard InChI is InChI=1S/C17H24N4O2/c1-3-5-12-20(13-6-4-2)21-14-16(23-19-21)18-17(22)15-10-8-7-9-11-15/h7-11,14H,3-6,12-13H2,1-2H3/p+1. The van der Waals surface area contributed by atoms with E-state index >= 15 is 0 Å². The molecule has 0 aliphatic carbocycles. The number of hydrogen-bond acceptors (Lipinski definition) is 4. The second kappa shape index (κ2) is 8.92. The van der Waals surface area contributed by atoms with Crippen molar-refractivity contribution in [3.63, 3.8) is 0 Å². The molecule has 0 atom stereocenters. The molecule has 1 aromatic heterocycles. The molecule has 1 aromatic carbocycles. The first-order chi connectivity index (χ1) is 11.2. The lowest BCUT2D eigenvalue weighted by atomic mass is 10.2. The highest BCUT2D eigenvalue weighted by Gasteiger charge is 2.21. The number of benzene rings is 1. The zero-order chi connectivity index (χ0) is 16.5. The van der Waals surface area contributed by atoms with Crippen LogP contribution in [0, 0.1) is 0 Å². The summed E-state index contributed by atoms with van der Waals surface area (Å²) in [6, 6.07) is 9.04. The van der Waals surface area contributed by atoms with Gasteiger partial charge in [0.2, 0.25) is 5.27 Å². The van der Waals surface area contributed by atoms with E-state index in [1.165, 1.54) is 0 Å². The van der Waals surface area contributed by atoms with Crippen LogP contribution in [-0.4, -0.2) is 24.3 Å². The molecule has 0 aliphatic heterocycles. The average Bonchev–Trinajstić information content (AvgIpc) is 3.04. The van der Waals surface area contributed by atoms with Crippen LogP contribution < -0.4 is 15.1 Å². The van der Waals surface area contributed by atoms with Crippen LogP contribution in [0.1, 0.15) is 49.9 Å². The predicted molar refractivity (Wildman–Crippen MR) is 88.9 cm³/mol. The van der Waals surface area contributed by atoms with E-state index in [9.17, 15) is 4.79 Å². The Morgan fingerprint density at radius 2 is 1.83 bits per heavy atom. The summed E-state index contributed by atoms with van der Waals surface area (Å²) < 4.78 is 5.24. The molecule has 1 amide bonds.